The van der Waals surface area contributed by atoms with Crippen molar-refractivity contribution in [3.8, 4) is 0 Å². The Morgan fingerprint density at radius 3 is 2.78 bits per heavy atom. The Balaban J connectivity index is 2.11. The zero-order chi connectivity index (χ0) is 13.0. The van der Waals surface area contributed by atoms with Crippen LogP contribution >= 0.6 is 0 Å². The number of benzene rings is 1. The minimum atomic E-state index is -0.348. The molecular weight excluding hydrogens is 226 g/mol. The number of rotatable bonds is 3. The maximum atomic E-state index is 12.4. The first-order chi connectivity index (χ1) is 8.68. The van der Waals surface area contributed by atoms with E-state index in [-0.39, 0.29) is 18.1 Å². The van der Waals surface area contributed by atoms with Crippen molar-refractivity contribution in [1.82, 2.24) is 4.90 Å². The van der Waals surface area contributed by atoms with Gasteiger partial charge in [0.05, 0.1) is 6.10 Å². The predicted molar refractivity (Wildman–Crippen MR) is 71.4 cm³/mol. The molecule has 0 aromatic heterocycles. The Bertz CT molecular complexity index is 389. The van der Waals surface area contributed by atoms with Gasteiger partial charge >= 0.3 is 0 Å². The summed E-state index contributed by atoms with van der Waals surface area (Å²) in [6, 6.07) is 9.60. The monoisotopic (exact) mass is 247 g/mol. The standard InChI is InChI=1S/C15H21NO2/c1-12(17)11-14-9-5-6-10-16(14)15(18)13-7-3-2-4-8-13/h2-4,7-8,12,14,17H,5-6,9-11H2,1H3. The number of amides is 1. The summed E-state index contributed by atoms with van der Waals surface area (Å²) in [5.74, 6) is 0.0981. The molecule has 1 amide bonds. The summed E-state index contributed by atoms with van der Waals surface area (Å²) < 4.78 is 0. The Labute approximate surface area is 108 Å². The molecule has 2 atom stereocenters. The van der Waals surface area contributed by atoms with Crippen molar-refractivity contribution < 1.29 is 9.90 Å². The van der Waals surface area contributed by atoms with Gasteiger partial charge in [0.1, 0.15) is 0 Å². The van der Waals surface area contributed by atoms with Gasteiger partial charge < -0.3 is 10.0 Å². The smallest absolute Gasteiger partial charge is 0.254 e. The SMILES string of the molecule is CC(O)CC1CCCCN1C(=O)c1ccccc1. The molecule has 1 aromatic rings. The highest BCUT2D eigenvalue weighted by Gasteiger charge is 2.28. The molecule has 0 aliphatic carbocycles. The largest absolute Gasteiger partial charge is 0.393 e. The molecule has 3 nitrogen and oxygen atoms in total. The first-order valence-corrected chi connectivity index (χ1v) is 6.72. The van der Waals surface area contributed by atoms with E-state index in [0.717, 1.165) is 31.4 Å². The average molecular weight is 247 g/mol. The third-order valence-electron chi connectivity index (χ3n) is 3.52. The minimum Gasteiger partial charge on any atom is -0.393 e. The number of carbonyl (C=O) groups is 1. The van der Waals surface area contributed by atoms with E-state index in [4.69, 9.17) is 0 Å². The fraction of sp³-hybridized carbons (Fsp3) is 0.533. The Morgan fingerprint density at radius 1 is 1.39 bits per heavy atom. The predicted octanol–water partition coefficient (Wildman–Crippen LogP) is 2.45. The van der Waals surface area contributed by atoms with E-state index in [1.165, 1.54) is 0 Å². The minimum absolute atomic E-state index is 0.0981. The highest BCUT2D eigenvalue weighted by molar-refractivity contribution is 5.94. The van der Waals surface area contributed by atoms with Crippen molar-refractivity contribution in [1.29, 1.82) is 0 Å². The molecular formula is C15H21NO2. The van der Waals surface area contributed by atoms with Crippen LogP contribution in [0.2, 0.25) is 0 Å². The summed E-state index contributed by atoms with van der Waals surface area (Å²) in [6.07, 6.45) is 3.55. The van der Waals surface area contributed by atoms with Gasteiger partial charge in [-0.25, -0.2) is 0 Å². The fourth-order valence-corrected chi connectivity index (χ4v) is 2.65. The Morgan fingerprint density at radius 2 is 2.11 bits per heavy atom. The van der Waals surface area contributed by atoms with E-state index in [0.29, 0.717) is 6.42 Å². The number of hydrogen-bond acceptors (Lipinski definition) is 2. The van der Waals surface area contributed by atoms with Crippen LogP contribution < -0.4 is 0 Å². The molecule has 1 aromatic carbocycles. The average Bonchev–Trinajstić information content (AvgIpc) is 2.39. The third-order valence-corrected chi connectivity index (χ3v) is 3.52. The van der Waals surface area contributed by atoms with Gasteiger partial charge in [-0.1, -0.05) is 18.2 Å². The van der Waals surface area contributed by atoms with Crippen LogP contribution in [0.4, 0.5) is 0 Å². The molecule has 2 unspecified atom stereocenters. The van der Waals surface area contributed by atoms with E-state index < -0.39 is 0 Å². The van der Waals surface area contributed by atoms with Gasteiger partial charge in [0.2, 0.25) is 0 Å². The van der Waals surface area contributed by atoms with Crippen molar-refractivity contribution in [3.05, 3.63) is 35.9 Å². The topological polar surface area (TPSA) is 40.5 Å². The highest BCUT2D eigenvalue weighted by Crippen LogP contribution is 2.23. The second-order valence-corrected chi connectivity index (χ2v) is 5.10. The molecule has 1 fully saturated rings. The van der Waals surface area contributed by atoms with Crippen molar-refractivity contribution in [3.63, 3.8) is 0 Å². The number of carbonyl (C=O) groups excluding carboxylic acids is 1. The van der Waals surface area contributed by atoms with Gasteiger partial charge in [-0.15, -0.1) is 0 Å². The van der Waals surface area contributed by atoms with Crippen LogP contribution in [0.1, 0.15) is 43.0 Å². The van der Waals surface area contributed by atoms with E-state index in [9.17, 15) is 9.90 Å². The molecule has 3 heteroatoms. The number of hydrogen-bond donors (Lipinski definition) is 1. The van der Waals surface area contributed by atoms with E-state index in [2.05, 4.69) is 0 Å². The molecule has 1 aliphatic rings. The van der Waals surface area contributed by atoms with Crippen LogP contribution in [0.25, 0.3) is 0 Å². The summed E-state index contributed by atoms with van der Waals surface area (Å²) in [4.78, 5) is 14.4. The molecule has 1 saturated heterocycles. The van der Waals surface area contributed by atoms with Gasteiger partial charge in [0.15, 0.2) is 0 Å². The zero-order valence-corrected chi connectivity index (χ0v) is 10.9. The Kier molecular flexibility index (Phi) is 4.37. The lowest BCUT2D eigenvalue weighted by atomic mass is 9.96. The van der Waals surface area contributed by atoms with Crippen LogP contribution in [-0.2, 0) is 0 Å². The summed E-state index contributed by atoms with van der Waals surface area (Å²) in [7, 11) is 0. The molecule has 98 valence electrons. The lowest BCUT2D eigenvalue weighted by Crippen LogP contribution is -2.45. The van der Waals surface area contributed by atoms with Crippen LogP contribution in [0.3, 0.4) is 0 Å². The zero-order valence-electron chi connectivity index (χ0n) is 10.9. The lowest BCUT2D eigenvalue weighted by Gasteiger charge is -2.36. The second-order valence-electron chi connectivity index (χ2n) is 5.10. The first kappa shape index (κ1) is 13.1. The number of aliphatic hydroxyl groups excluding tert-OH is 1. The molecule has 0 spiro atoms. The lowest BCUT2D eigenvalue weighted by molar-refractivity contribution is 0.0515. The normalized spacial score (nSPS) is 21.7. The van der Waals surface area contributed by atoms with E-state index >= 15 is 0 Å². The van der Waals surface area contributed by atoms with Crippen LogP contribution in [-0.4, -0.2) is 34.6 Å². The van der Waals surface area contributed by atoms with Gasteiger partial charge in [0.25, 0.3) is 5.91 Å². The molecule has 18 heavy (non-hydrogen) atoms. The molecule has 1 heterocycles. The summed E-state index contributed by atoms with van der Waals surface area (Å²) in [5, 5.41) is 9.54. The van der Waals surface area contributed by atoms with E-state index in [1.54, 1.807) is 6.92 Å². The summed E-state index contributed by atoms with van der Waals surface area (Å²) >= 11 is 0. The quantitative estimate of drug-likeness (QED) is 0.891. The van der Waals surface area contributed by atoms with Crippen LogP contribution in [0.5, 0.6) is 0 Å². The second kappa shape index (κ2) is 6.01. The van der Waals surface area contributed by atoms with Crippen molar-refractivity contribution in [2.45, 2.75) is 44.8 Å². The maximum Gasteiger partial charge on any atom is 0.254 e. The first-order valence-electron chi connectivity index (χ1n) is 6.72. The van der Waals surface area contributed by atoms with Crippen molar-refractivity contribution in [2.75, 3.05) is 6.54 Å². The van der Waals surface area contributed by atoms with Crippen molar-refractivity contribution >= 4 is 5.91 Å². The summed E-state index contributed by atoms with van der Waals surface area (Å²) in [5.41, 5.74) is 0.745. The molecule has 1 aliphatic heterocycles. The Hall–Kier alpha value is -1.35. The maximum absolute atomic E-state index is 12.4. The highest BCUT2D eigenvalue weighted by atomic mass is 16.3. The fourth-order valence-electron chi connectivity index (χ4n) is 2.65. The number of nitrogens with zero attached hydrogens (tertiary/aromatic N) is 1. The van der Waals surface area contributed by atoms with Gasteiger partial charge in [-0.2, -0.15) is 0 Å². The molecule has 0 bridgehead atoms. The molecule has 0 saturated carbocycles. The summed E-state index contributed by atoms with van der Waals surface area (Å²) in [6.45, 7) is 2.60. The van der Waals surface area contributed by atoms with Crippen molar-refractivity contribution in [2.24, 2.45) is 0 Å². The van der Waals surface area contributed by atoms with Crippen LogP contribution in [0.15, 0.2) is 30.3 Å². The van der Waals surface area contributed by atoms with Gasteiger partial charge in [0, 0.05) is 18.2 Å². The van der Waals surface area contributed by atoms with Crippen LogP contribution in [0, 0.1) is 0 Å². The number of aliphatic hydroxyl groups is 1. The molecule has 0 radical (unpaired) electrons. The third kappa shape index (κ3) is 3.10. The van der Waals surface area contributed by atoms with E-state index in [1.807, 2.05) is 35.2 Å². The molecule has 2 rings (SSSR count). The van der Waals surface area contributed by atoms with Gasteiger partial charge in [-0.05, 0) is 44.7 Å². The number of piperidine rings is 1. The van der Waals surface area contributed by atoms with Gasteiger partial charge in [-0.3, -0.25) is 4.79 Å². The number of likely N-dealkylation sites (tertiary alicyclic amines) is 1. The molecule has 1 N–H and O–H groups in total.